The van der Waals surface area contributed by atoms with Gasteiger partial charge in [-0.25, -0.2) is 0 Å². The van der Waals surface area contributed by atoms with E-state index in [2.05, 4.69) is 84.7 Å². The van der Waals surface area contributed by atoms with Crippen molar-refractivity contribution in [3.63, 3.8) is 0 Å². The molecule has 0 aliphatic rings. The summed E-state index contributed by atoms with van der Waals surface area (Å²) in [4.78, 5) is 16.5. The molecule has 0 aliphatic heterocycles. The van der Waals surface area contributed by atoms with Crippen LogP contribution in [0.3, 0.4) is 0 Å². The van der Waals surface area contributed by atoms with Crippen molar-refractivity contribution >= 4 is 68.0 Å². The van der Waals surface area contributed by atoms with Crippen molar-refractivity contribution in [1.29, 1.82) is 0 Å². The third-order valence-electron chi connectivity index (χ3n) is 8.84. The van der Waals surface area contributed by atoms with Gasteiger partial charge in [0.25, 0.3) is 0 Å². The second kappa shape index (κ2) is 13.3. The van der Waals surface area contributed by atoms with Gasteiger partial charge in [-0.15, -0.1) is 23.6 Å². The molecule has 0 saturated heterocycles. The number of carbonyl (C=O) groups excluding carboxylic acids is 1. The van der Waals surface area contributed by atoms with Gasteiger partial charge in [0.2, 0.25) is 0 Å². The van der Waals surface area contributed by atoms with Gasteiger partial charge in [-0.2, -0.15) is 0 Å². The smallest absolute Gasteiger partial charge is 0.162 e. The summed E-state index contributed by atoms with van der Waals surface area (Å²) in [6.07, 6.45) is 6.83. The summed E-state index contributed by atoms with van der Waals surface area (Å²) in [6.45, 7) is 15.3. The number of aromatic nitrogens is 2. The van der Waals surface area contributed by atoms with Crippen LogP contribution in [-0.4, -0.2) is 28.3 Å². The molecule has 6 aromatic rings. The molecule has 3 aromatic carbocycles. The van der Waals surface area contributed by atoms with Gasteiger partial charge >= 0.3 is 0 Å². The number of aliphatic hydroxyl groups is 1. The molecule has 43 heavy (non-hydrogen) atoms. The molecule has 0 amide bonds. The van der Waals surface area contributed by atoms with E-state index in [-0.39, 0.29) is 43.5 Å². The third-order valence-corrected chi connectivity index (χ3v) is 10.9. The third kappa shape index (κ3) is 6.15. The number of aliphatic hydroxyl groups excluding tert-OH is 1. The zero-order chi connectivity index (χ0) is 30.2. The molecule has 0 bridgehead atoms. The summed E-state index contributed by atoms with van der Waals surface area (Å²) in [6, 6.07) is 23.6. The first-order valence-electron chi connectivity index (χ1n) is 15.5. The van der Waals surface area contributed by atoms with Gasteiger partial charge in [0, 0.05) is 55.2 Å². The quantitative estimate of drug-likeness (QED) is 0.0420. The van der Waals surface area contributed by atoms with E-state index in [0.717, 1.165) is 42.1 Å². The van der Waals surface area contributed by atoms with Crippen molar-refractivity contribution in [3.05, 3.63) is 78.7 Å². The summed E-state index contributed by atoms with van der Waals surface area (Å²) < 4.78 is 2.34. The Morgan fingerprint density at radius 1 is 0.907 bits per heavy atom. The maximum absolute atomic E-state index is 11.7. The summed E-state index contributed by atoms with van der Waals surface area (Å²) in [7, 11) is -1.45. The fourth-order valence-corrected chi connectivity index (χ4v) is 7.89. The van der Waals surface area contributed by atoms with E-state index in [0.29, 0.717) is 0 Å². The van der Waals surface area contributed by atoms with Crippen LogP contribution >= 0.6 is 0 Å². The first-order valence-corrected chi connectivity index (χ1v) is 19.0. The zero-order valence-corrected chi connectivity index (χ0v) is 29.8. The fourth-order valence-electron chi connectivity index (χ4n) is 6.31. The number of carbonyl (C=O) groups is 1. The topological polar surface area (TPSA) is 54.6 Å². The maximum atomic E-state index is 11.7. The van der Waals surface area contributed by atoms with Crippen molar-refractivity contribution in [1.82, 2.24) is 9.38 Å². The monoisotopic (exact) mass is 768 g/mol. The molecule has 0 atom stereocenters. The number of fused-ring (bicyclic) bond motifs is 4. The Morgan fingerprint density at radius 3 is 2.23 bits per heavy atom. The van der Waals surface area contributed by atoms with E-state index in [1.807, 2.05) is 33.9 Å². The predicted octanol–water partition coefficient (Wildman–Crippen LogP) is 9.60. The van der Waals surface area contributed by atoms with Crippen LogP contribution in [0.4, 0.5) is 0 Å². The molecule has 3 heterocycles. The van der Waals surface area contributed by atoms with Gasteiger partial charge in [-0.3, -0.25) is 9.78 Å². The summed E-state index contributed by atoms with van der Waals surface area (Å²) in [5, 5.41) is 18.7. The van der Waals surface area contributed by atoms with Gasteiger partial charge in [0.1, 0.15) is 0 Å². The van der Waals surface area contributed by atoms with Crippen LogP contribution in [0.15, 0.2) is 72.6 Å². The Morgan fingerprint density at radius 2 is 1.58 bits per heavy atom. The minimum Gasteiger partial charge on any atom is -0.512 e. The van der Waals surface area contributed by atoms with Gasteiger partial charge in [-0.05, 0) is 48.6 Å². The minimum absolute atomic E-state index is 0. The number of nitrogens with zero attached hydrogens (tertiary/aromatic N) is 2. The zero-order valence-electron chi connectivity index (χ0n) is 26.4. The van der Waals surface area contributed by atoms with E-state index in [1.165, 1.54) is 43.8 Å². The number of pyridine rings is 1. The maximum Gasteiger partial charge on any atom is 0.162 e. The summed E-state index contributed by atoms with van der Waals surface area (Å²) in [5.74, 6) is 0.547. The van der Waals surface area contributed by atoms with Crippen LogP contribution < -0.4 is 5.19 Å². The Hall–Kier alpha value is -3.05. The van der Waals surface area contributed by atoms with Crippen molar-refractivity contribution < 1.29 is 30.0 Å². The van der Waals surface area contributed by atoms with Gasteiger partial charge in [-0.1, -0.05) is 99.0 Å². The predicted molar refractivity (Wildman–Crippen MR) is 182 cm³/mol. The van der Waals surface area contributed by atoms with E-state index < -0.39 is 8.07 Å². The molecule has 4 nitrogen and oxygen atoms in total. The molecule has 227 valence electrons. The Bertz CT molecular complexity index is 1910. The standard InChI is InChI=1S/C24H19N2Si.C13H24O2.Ir/c1-27(2,3)22-9-8-18-19-12-15-6-4-5-7-16(15)13-20(19)24-25-11-10-17-14-21(22)23(18)26(17)24;1-5-10(6-2)12(14)9-13(15)11(7-3)8-4;/h4-12,14H,1-3H3;9-11,14H,5-8H2,1-4H3;/q-1;;/b;12-9-;. The van der Waals surface area contributed by atoms with Crippen LogP contribution in [0.25, 0.3) is 49.0 Å². The van der Waals surface area contributed by atoms with E-state index in [4.69, 9.17) is 4.98 Å². The molecule has 0 spiro atoms. The van der Waals surface area contributed by atoms with Crippen LogP contribution in [0.1, 0.15) is 53.4 Å². The molecule has 3 aromatic heterocycles. The molecular weight excluding hydrogens is 725 g/mol. The average Bonchev–Trinajstić information content (AvgIpc) is 3.37. The first kappa shape index (κ1) is 32.9. The van der Waals surface area contributed by atoms with Gasteiger partial charge in [0.15, 0.2) is 5.78 Å². The minimum atomic E-state index is -1.45. The molecule has 0 unspecified atom stereocenters. The number of hydrogen-bond acceptors (Lipinski definition) is 3. The average molecular weight is 768 g/mol. The van der Waals surface area contributed by atoms with Gasteiger partial charge in [0.05, 0.1) is 19.5 Å². The van der Waals surface area contributed by atoms with Crippen LogP contribution in [0.2, 0.25) is 19.6 Å². The number of benzene rings is 3. The fraction of sp³-hybridized carbons (Fsp3) is 0.351. The number of rotatable bonds is 8. The first-order chi connectivity index (χ1) is 20.1. The van der Waals surface area contributed by atoms with Crippen molar-refractivity contribution in [2.75, 3.05) is 0 Å². The molecular formula is C37H43IrN2O2Si-. The van der Waals surface area contributed by atoms with Crippen LogP contribution in [-0.2, 0) is 24.9 Å². The van der Waals surface area contributed by atoms with Crippen molar-refractivity contribution in [3.8, 4) is 0 Å². The molecule has 0 saturated carbocycles. The molecule has 0 aliphatic carbocycles. The van der Waals surface area contributed by atoms with E-state index in [1.54, 1.807) is 0 Å². The largest absolute Gasteiger partial charge is 0.512 e. The van der Waals surface area contributed by atoms with Gasteiger partial charge < -0.3 is 9.51 Å². The second-order valence-corrected chi connectivity index (χ2v) is 17.5. The van der Waals surface area contributed by atoms with Crippen molar-refractivity contribution in [2.24, 2.45) is 11.8 Å². The molecule has 1 N–H and O–H groups in total. The van der Waals surface area contributed by atoms with Crippen LogP contribution in [0.5, 0.6) is 0 Å². The molecule has 6 rings (SSSR count). The Kier molecular flexibility index (Phi) is 10.2. The molecule has 1 radical (unpaired) electrons. The SMILES string of the molecule is CCC(CC)C(=O)/C=C(\O)C(CC)CC.C[Si](C)(C)c1ccc2c3cc4ccccc4[c-]c3c3nccc4cc1c2n43.[Ir]. The number of ketones is 1. The van der Waals surface area contributed by atoms with Crippen LogP contribution in [0, 0.1) is 17.9 Å². The summed E-state index contributed by atoms with van der Waals surface area (Å²) >= 11 is 0. The molecule has 0 fully saturated rings. The van der Waals surface area contributed by atoms with Crippen molar-refractivity contribution in [2.45, 2.75) is 73.0 Å². The Balaban J connectivity index is 0.000000230. The Labute approximate surface area is 269 Å². The second-order valence-electron chi connectivity index (χ2n) is 12.5. The molecule has 6 heteroatoms. The number of allylic oxidation sites excluding steroid dienone is 2. The number of hydrogen-bond donors (Lipinski definition) is 1. The normalized spacial score (nSPS) is 12.5. The van der Waals surface area contributed by atoms with E-state index in [9.17, 15) is 9.90 Å². The van der Waals surface area contributed by atoms with E-state index >= 15 is 0 Å². The summed E-state index contributed by atoms with van der Waals surface area (Å²) in [5.41, 5.74) is 3.53.